The van der Waals surface area contributed by atoms with Crippen molar-refractivity contribution in [3.05, 3.63) is 29.6 Å². The van der Waals surface area contributed by atoms with Crippen molar-refractivity contribution >= 4 is 0 Å². The molecule has 1 heterocycles. The van der Waals surface area contributed by atoms with Crippen LogP contribution < -0.4 is 5.32 Å². The van der Waals surface area contributed by atoms with Gasteiger partial charge in [0.25, 0.3) is 0 Å². The second kappa shape index (κ2) is 6.74. The maximum absolute atomic E-state index is 4.48. The van der Waals surface area contributed by atoms with Gasteiger partial charge in [-0.15, -0.1) is 0 Å². The van der Waals surface area contributed by atoms with Crippen molar-refractivity contribution in [2.24, 2.45) is 5.92 Å². The number of aromatic nitrogens is 2. The Balaban J connectivity index is 1.58. The molecular formula is C15H25N3. The van der Waals surface area contributed by atoms with Gasteiger partial charge in [-0.05, 0) is 64.6 Å². The van der Waals surface area contributed by atoms with Crippen LogP contribution in [0.15, 0.2) is 18.2 Å². The largest absolute Gasteiger partial charge is 0.316 e. The first kappa shape index (κ1) is 13.3. The number of hydrogen-bond donors (Lipinski definition) is 1. The van der Waals surface area contributed by atoms with Crippen LogP contribution in [0.1, 0.15) is 37.1 Å². The number of nitrogens with one attached hydrogen (secondary N) is 1. The van der Waals surface area contributed by atoms with E-state index in [1.54, 1.807) is 0 Å². The average molecular weight is 247 g/mol. The molecule has 2 rings (SSSR count). The Hall–Kier alpha value is -1.09. The molecule has 0 amide bonds. The van der Waals surface area contributed by atoms with Crippen LogP contribution in [0.4, 0.5) is 0 Å². The minimum atomic E-state index is 0.851. The van der Waals surface area contributed by atoms with E-state index in [4.69, 9.17) is 0 Å². The molecule has 3 heteroatoms. The van der Waals surface area contributed by atoms with Gasteiger partial charge in [-0.3, -0.25) is 4.68 Å². The van der Waals surface area contributed by atoms with Crippen LogP contribution in [-0.2, 0) is 6.54 Å². The van der Waals surface area contributed by atoms with Gasteiger partial charge in [0.15, 0.2) is 0 Å². The van der Waals surface area contributed by atoms with E-state index < -0.39 is 0 Å². The van der Waals surface area contributed by atoms with Gasteiger partial charge < -0.3 is 5.32 Å². The molecule has 0 aromatic carbocycles. The molecule has 1 aromatic rings. The highest BCUT2D eigenvalue weighted by atomic mass is 15.3. The number of aryl methyl sites for hydroxylation is 3. The first-order valence-electron chi connectivity index (χ1n) is 7.12. The Morgan fingerprint density at radius 1 is 1.39 bits per heavy atom. The smallest absolute Gasteiger partial charge is 0.0596 e. The third-order valence-corrected chi connectivity index (χ3v) is 3.64. The van der Waals surface area contributed by atoms with Crippen LogP contribution in [0.3, 0.4) is 0 Å². The summed E-state index contributed by atoms with van der Waals surface area (Å²) in [7, 11) is 0. The third-order valence-electron chi connectivity index (χ3n) is 3.64. The number of allylic oxidation sites excluding steroid dienone is 2. The Morgan fingerprint density at radius 3 is 2.94 bits per heavy atom. The molecule has 100 valence electrons. The van der Waals surface area contributed by atoms with Crippen molar-refractivity contribution in [1.29, 1.82) is 0 Å². The predicted molar refractivity (Wildman–Crippen MR) is 75.7 cm³/mol. The summed E-state index contributed by atoms with van der Waals surface area (Å²) in [5.74, 6) is 0.851. The number of hydrogen-bond acceptors (Lipinski definition) is 2. The van der Waals surface area contributed by atoms with E-state index in [-0.39, 0.29) is 0 Å². The number of nitrogens with zero attached hydrogens (tertiary/aromatic N) is 2. The van der Waals surface area contributed by atoms with E-state index in [1.165, 1.54) is 31.5 Å². The molecule has 3 nitrogen and oxygen atoms in total. The Kier molecular flexibility index (Phi) is 5.00. The minimum Gasteiger partial charge on any atom is -0.316 e. The molecule has 0 saturated heterocycles. The van der Waals surface area contributed by atoms with E-state index in [1.807, 2.05) is 0 Å². The standard InChI is InChI=1S/C15H25N3/c1-13-11-14(2)18(17-13)10-6-9-16-12-15-7-4-3-5-8-15/h3-4,11,15-16H,5-10,12H2,1-2H3. The van der Waals surface area contributed by atoms with Gasteiger partial charge in [0.2, 0.25) is 0 Å². The first-order chi connectivity index (χ1) is 8.75. The highest BCUT2D eigenvalue weighted by molar-refractivity contribution is 5.06. The fourth-order valence-electron chi connectivity index (χ4n) is 2.60. The summed E-state index contributed by atoms with van der Waals surface area (Å²) < 4.78 is 2.11. The summed E-state index contributed by atoms with van der Waals surface area (Å²) >= 11 is 0. The Labute approximate surface area is 110 Å². The second-order valence-corrected chi connectivity index (χ2v) is 5.36. The molecule has 0 fully saturated rings. The lowest BCUT2D eigenvalue weighted by Crippen LogP contribution is -2.25. The number of rotatable bonds is 6. The molecule has 0 saturated carbocycles. The van der Waals surface area contributed by atoms with Crippen molar-refractivity contribution in [1.82, 2.24) is 15.1 Å². The Bertz CT molecular complexity index is 392. The minimum absolute atomic E-state index is 0.851. The van der Waals surface area contributed by atoms with Crippen LogP contribution in [0.2, 0.25) is 0 Å². The topological polar surface area (TPSA) is 29.9 Å². The molecule has 1 N–H and O–H groups in total. The lowest BCUT2D eigenvalue weighted by molar-refractivity contribution is 0.430. The van der Waals surface area contributed by atoms with Crippen molar-refractivity contribution in [2.75, 3.05) is 13.1 Å². The molecule has 0 aliphatic heterocycles. The van der Waals surface area contributed by atoms with Crippen LogP contribution in [0.5, 0.6) is 0 Å². The molecular weight excluding hydrogens is 222 g/mol. The summed E-state index contributed by atoms with van der Waals surface area (Å²) in [5.41, 5.74) is 2.39. The molecule has 0 spiro atoms. The molecule has 1 aromatic heterocycles. The molecule has 18 heavy (non-hydrogen) atoms. The monoisotopic (exact) mass is 247 g/mol. The summed E-state index contributed by atoms with van der Waals surface area (Å²) in [6, 6.07) is 2.14. The van der Waals surface area contributed by atoms with E-state index in [2.05, 4.69) is 47.2 Å². The molecule has 1 aliphatic carbocycles. The predicted octanol–water partition coefficient (Wildman–Crippen LogP) is 2.84. The van der Waals surface area contributed by atoms with E-state index in [0.717, 1.165) is 31.1 Å². The Morgan fingerprint density at radius 2 is 2.28 bits per heavy atom. The molecule has 0 radical (unpaired) electrons. The zero-order valence-electron chi connectivity index (χ0n) is 11.7. The molecule has 1 atom stereocenters. The highest BCUT2D eigenvalue weighted by Gasteiger charge is 2.08. The quantitative estimate of drug-likeness (QED) is 0.619. The van der Waals surface area contributed by atoms with Crippen LogP contribution in [0, 0.1) is 19.8 Å². The lowest BCUT2D eigenvalue weighted by Gasteiger charge is -2.18. The van der Waals surface area contributed by atoms with E-state index in [9.17, 15) is 0 Å². The van der Waals surface area contributed by atoms with Gasteiger partial charge in [0.05, 0.1) is 5.69 Å². The van der Waals surface area contributed by atoms with E-state index >= 15 is 0 Å². The fraction of sp³-hybridized carbons (Fsp3) is 0.667. The van der Waals surface area contributed by atoms with E-state index in [0.29, 0.717) is 0 Å². The lowest BCUT2D eigenvalue weighted by atomic mass is 9.94. The summed E-state index contributed by atoms with van der Waals surface area (Å²) in [5, 5.41) is 8.05. The summed E-state index contributed by atoms with van der Waals surface area (Å²) in [6.07, 6.45) is 9.65. The van der Waals surface area contributed by atoms with Gasteiger partial charge in [-0.1, -0.05) is 12.2 Å². The zero-order valence-corrected chi connectivity index (χ0v) is 11.7. The van der Waals surface area contributed by atoms with Gasteiger partial charge in [0, 0.05) is 12.2 Å². The first-order valence-corrected chi connectivity index (χ1v) is 7.12. The van der Waals surface area contributed by atoms with Crippen LogP contribution in [0.25, 0.3) is 0 Å². The summed E-state index contributed by atoms with van der Waals surface area (Å²) in [6.45, 7) is 7.47. The van der Waals surface area contributed by atoms with Crippen LogP contribution >= 0.6 is 0 Å². The summed E-state index contributed by atoms with van der Waals surface area (Å²) in [4.78, 5) is 0. The van der Waals surface area contributed by atoms with Crippen molar-refractivity contribution in [2.45, 2.75) is 46.1 Å². The fourth-order valence-corrected chi connectivity index (χ4v) is 2.60. The maximum atomic E-state index is 4.48. The normalized spacial score (nSPS) is 19.3. The second-order valence-electron chi connectivity index (χ2n) is 5.36. The highest BCUT2D eigenvalue weighted by Crippen LogP contribution is 2.16. The van der Waals surface area contributed by atoms with Crippen molar-refractivity contribution in [3.63, 3.8) is 0 Å². The van der Waals surface area contributed by atoms with Crippen LogP contribution in [-0.4, -0.2) is 22.9 Å². The zero-order chi connectivity index (χ0) is 12.8. The molecule has 1 aliphatic rings. The van der Waals surface area contributed by atoms with Gasteiger partial charge in [-0.25, -0.2) is 0 Å². The average Bonchev–Trinajstić information content (AvgIpc) is 2.69. The van der Waals surface area contributed by atoms with Gasteiger partial charge in [-0.2, -0.15) is 5.10 Å². The maximum Gasteiger partial charge on any atom is 0.0596 e. The van der Waals surface area contributed by atoms with Gasteiger partial charge >= 0.3 is 0 Å². The SMILES string of the molecule is Cc1cc(C)n(CCCNCC2CC=CCC2)n1. The third kappa shape index (κ3) is 3.98. The van der Waals surface area contributed by atoms with Crippen molar-refractivity contribution in [3.8, 4) is 0 Å². The van der Waals surface area contributed by atoms with Crippen molar-refractivity contribution < 1.29 is 0 Å². The molecule has 0 bridgehead atoms. The van der Waals surface area contributed by atoms with Gasteiger partial charge in [0.1, 0.15) is 0 Å². The molecule has 1 unspecified atom stereocenters.